The van der Waals surface area contributed by atoms with Gasteiger partial charge in [0.25, 0.3) is 0 Å². The van der Waals surface area contributed by atoms with Crippen molar-refractivity contribution < 1.29 is 14.3 Å². The molecule has 0 aliphatic rings. The summed E-state index contributed by atoms with van der Waals surface area (Å²) in [6.07, 6.45) is 0.202. The molecule has 1 heterocycles. The van der Waals surface area contributed by atoms with E-state index in [9.17, 15) is 9.59 Å². The number of nitrogens with one attached hydrogen (secondary N) is 1. The van der Waals surface area contributed by atoms with Gasteiger partial charge in [-0.25, -0.2) is 4.68 Å². The van der Waals surface area contributed by atoms with E-state index in [2.05, 4.69) is 5.32 Å². The molecule has 0 saturated carbocycles. The van der Waals surface area contributed by atoms with E-state index >= 15 is 0 Å². The molecule has 0 aliphatic carbocycles. The maximum Gasteiger partial charge on any atom is 0.245 e. The van der Waals surface area contributed by atoms with Gasteiger partial charge in [0.2, 0.25) is 11.8 Å². The molecule has 186 valence electrons. The van der Waals surface area contributed by atoms with Gasteiger partial charge in [-0.05, 0) is 23.8 Å². The number of rotatable bonds is 9. The zero-order valence-corrected chi connectivity index (χ0v) is 21.9. The van der Waals surface area contributed by atoms with Crippen molar-refractivity contribution in [2.24, 2.45) is 0 Å². The Morgan fingerprint density at radius 3 is 2.40 bits per heavy atom. The van der Waals surface area contributed by atoms with Crippen LogP contribution in [-0.4, -0.2) is 53.3 Å². The molecule has 7 nitrogen and oxygen atoms in total. The number of anilines is 1. The van der Waals surface area contributed by atoms with Gasteiger partial charge in [-0.1, -0.05) is 74.3 Å². The van der Waals surface area contributed by atoms with E-state index in [0.717, 1.165) is 11.3 Å². The third-order valence-corrected chi connectivity index (χ3v) is 6.08. The quantitative estimate of drug-likeness (QED) is 0.427. The Morgan fingerprint density at radius 1 is 1.06 bits per heavy atom. The average Bonchev–Trinajstić information content (AvgIpc) is 3.23. The lowest BCUT2D eigenvalue weighted by atomic mass is 9.92. The van der Waals surface area contributed by atoms with Crippen molar-refractivity contribution in [3.05, 3.63) is 75.9 Å². The number of carbonyl (C=O) groups excluding carboxylic acids is 2. The Bertz CT molecular complexity index is 1170. The first-order valence-electron chi connectivity index (χ1n) is 11.2. The van der Waals surface area contributed by atoms with Gasteiger partial charge in [0.05, 0.1) is 41.0 Å². The Hall–Kier alpha value is -2.87. The third kappa shape index (κ3) is 7.31. The molecule has 0 aliphatic heterocycles. The number of ether oxygens (including phenoxy) is 1. The molecule has 9 heteroatoms. The summed E-state index contributed by atoms with van der Waals surface area (Å²) in [7, 11) is 1.56. The third-order valence-electron chi connectivity index (χ3n) is 5.34. The summed E-state index contributed by atoms with van der Waals surface area (Å²) in [4.78, 5) is 27.5. The predicted molar refractivity (Wildman–Crippen MR) is 140 cm³/mol. The molecule has 2 amide bonds. The molecule has 0 bridgehead atoms. The highest BCUT2D eigenvalue weighted by Gasteiger charge is 2.23. The number of methoxy groups -OCH3 is 1. The van der Waals surface area contributed by atoms with E-state index in [-0.39, 0.29) is 30.2 Å². The number of carbonyl (C=O) groups is 2. The summed E-state index contributed by atoms with van der Waals surface area (Å²) in [5.41, 5.74) is 2.07. The molecule has 0 radical (unpaired) electrons. The van der Waals surface area contributed by atoms with Crippen LogP contribution in [0.15, 0.2) is 54.6 Å². The van der Waals surface area contributed by atoms with Gasteiger partial charge < -0.3 is 15.0 Å². The molecule has 35 heavy (non-hydrogen) atoms. The van der Waals surface area contributed by atoms with E-state index in [1.807, 2.05) is 57.2 Å². The first-order chi connectivity index (χ1) is 16.6. The van der Waals surface area contributed by atoms with Crippen molar-refractivity contribution in [3.8, 4) is 5.69 Å². The highest BCUT2D eigenvalue weighted by molar-refractivity contribution is 6.42. The Balaban J connectivity index is 1.82. The number of hydrogen-bond acceptors (Lipinski definition) is 4. The van der Waals surface area contributed by atoms with E-state index < -0.39 is 0 Å². The van der Waals surface area contributed by atoms with Crippen LogP contribution in [0.1, 0.15) is 32.0 Å². The normalized spacial score (nSPS) is 11.4. The highest BCUT2D eigenvalue weighted by atomic mass is 35.5. The maximum absolute atomic E-state index is 13.1. The number of amides is 2. The number of halogens is 2. The van der Waals surface area contributed by atoms with Gasteiger partial charge in [0.1, 0.15) is 5.82 Å². The molecule has 1 aromatic heterocycles. The van der Waals surface area contributed by atoms with Crippen molar-refractivity contribution >= 4 is 40.8 Å². The lowest BCUT2D eigenvalue weighted by Crippen LogP contribution is -2.41. The SMILES string of the molecule is COCCN(CC(=O)Nc1cc(C(C)(C)C)nn1-c1ccc(Cl)c(Cl)c1)C(=O)Cc1ccccc1. The topological polar surface area (TPSA) is 76.5 Å². The van der Waals surface area contributed by atoms with Crippen molar-refractivity contribution in [3.63, 3.8) is 0 Å². The molecule has 0 saturated heterocycles. The van der Waals surface area contributed by atoms with Gasteiger partial charge >= 0.3 is 0 Å². The average molecular weight is 517 g/mol. The summed E-state index contributed by atoms with van der Waals surface area (Å²) >= 11 is 12.3. The van der Waals surface area contributed by atoms with Crippen LogP contribution in [0.5, 0.6) is 0 Å². The molecule has 2 aromatic carbocycles. The molecule has 0 spiro atoms. The van der Waals surface area contributed by atoms with Crippen molar-refractivity contribution in [1.29, 1.82) is 0 Å². The lowest BCUT2D eigenvalue weighted by Gasteiger charge is -2.22. The van der Waals surface area contributed by atoms with E-state index in [1.165, 1.54) is 4.90 Å². The lowest BCUT2D eigenvalue weighted by molar-refractivity contribution is -0.134. The molecule has 3 aromatic rings. The predicted octanol–water partition coefficient (Wildman–Crippen LogP) is 5.13. The van der Waals surface area contributed by atoms with Crippen LogP contribution >= 0.6 is 23.2 Å². The fraction of sp³-hybridized carbons (Fsp3) is 0.346. The van der Waals surface area contributed by atoms with E-state index in [1.54, 1.807) is 30.0 Å². The Labute approximate surface area is 216 Å². The summed E-state index contributed by atoms with van der Waals surface area (Å²) in [6.45, 7) is 6.61. The monoisotopic (exact) mass is 516 g/mol. The number of hydrogen-bond donors (Lipinski definition) is 1. The standard InChI is InChI=1S/C26H30Cl2N4O3/c1-26(2,3)22-16-23(32(30-22)19-10-11-20(27)21(28)15-19)29-24(33)17-31(12-13-35-4)25(34)14-18-8-6-5-7-9-18/h5-11,15-16H,12-14,17H2,1-4H3,(H,29,33). The minimum atomic E-state index is -0.343. The summed E-state index contributed by atoms with van der Waals surface area (Å²) in [5, 5.41) is 8.41. The number of benzene rings is 2. The van der Waals surface area contributed by atoms with Gasteiger partial charge in [-0.3, -0.25) is 9.59 Å². The van der Waals surface area contributed by atoms with Crippen LogP contribution in [0.2, 0.25) is 10.0 Å². The Morgan fingerprint density at radius 2 is 1.77 bits per heavy atom. The maximum atomic E-state index is 13.1. The molecule has 0 atom stereocenters. The van der Waals surface area contributed by atoms with Crippen molar-refractivity contribution in [2.45, 2.75) is 32.6 Å². The summed E-state index contributed by atoms with van der Waals surface area (Å²) < 4.78 is 6.77. The van der Waals surface area contributed by atoms with Crippen LogP contribution in [0.25, 0.3) is 5.69 Å². The van der Waals surface area contributed by atoms with Crippen LogP contribution in [0, 0.1) is 0 Å². The molecular formula is C26H30Cl2N4O3. The van der Waals surface area contributed by atoms with E-state index in [0.29, 0.717) is 34.7 Å². The second kappa shape index (κ2) is 11.7. The van der Waals surface area contributed by atoms with Crippen LogP contribution < -0.4 is 5.32 Å². The molecule has 1 N–H and O–H groups in total. The van der Waals surface area contributed by atoms with Gasteiger partial charge in [0.15, 0.2) is 0 Å². The number of aromatic nitrogens is 2. The minimum absolute atomic E-state index is 0.119. The van der Waals surface area contributed by atoms with Crippen LogP contribution in [-0.2, 0) is 26.2 Å². The molecule has 3 rings (SSSR count). The highest BCUT2D eigenvalue weighted by Crippen LogP contribution is 2.29. The number of nitrogens with zero attached hydrogens (tertiary/aromatic N) is 3. The summed E-state index contributed by atoms with van der Waals surface area (Å²) in [5.74, 6) is -0.0264. The fourth-order valence-corrected chi connectivity index (χ4v) is 3.67. The zero-order valence-electron chi connectivity index (χ0n) is 20.3. The molecule has 0 unspecified atom stereocenters. The van der Waals surface area contributed by atoms with Gasteiger partial charge in [-0.2, -0.15) is 5.10 Å². The largest absolute Gasteiger partial charge is 0.383 e. The zero-order chi connectivity index (χ0) is 25.6. The second-order valence-corrected chi connectivity index (χ2v) is 10.0. The van der Waals surface area contributed by atoms with Gasteiger partial charge in [-0.15, -0.1) is 0 Å². The summed E-state index contributed by atoms with van der Waals surface area (Å²) in [6, 6.07) is 16.4. The molecule has 0 fully saturated rings. The van der Waals surface area contributed by atoms with E-state index in [4.69, 9.17) is 33.0 Å². The Kier molecular flexibility index (Phi) is 8.94. The first-order valence-corrected chi connectivity index (χ1v) is 12.0. The van der Waals surface area contributed by atoms with Crippen molar-refractivity contribution in [2.75, 3.05) is 32.1 Å². The molecular weight excluding hydrogens is 487 g/mol. The smallest absolute Gasteiger partial charge is 0.245 e. The fourth-order valence-electron chi connectivity index (χ4n) is 3.38. The van der Waals surface area contributed by atoms with Crippen LogP contribution in [0.3, 0.4) is 0 Å². The second-order valence-electron chi connectivity index (χ2n) is 9.19. The first kappa shape index (κ1) is 26.7. The van der Waals surface area contributed by atoms with Crippen molar-refractivity contribution in [1.82, 2.24) is 14.7 Å². The van der Waals surface area contributed by atoms with Gasteiger partial charge in [0, 0.05) is 25.1 Å². The minimum Gasteiger partial charge on any atom is -0.383 e. The van der Waals surface area contributed by atoms with Crippen LogP contribution in [0.4, 0.5) is 5.82 Å².